The summed E-state index contributed by atoms with van der Waals surface area (Å²) in [7, 11) is 1.49. The van der Waals surface area contributed by atoms with Crippen LogP contribution in [0.3, 0.4) is 0 Å². The van der Waals surface area contributed by atoms with Gasteiger partial charge in [0.25, 0.3) is 0 Å². The normalized spacial score (nSPS) is 11.0. The Labute approximate surface area is 110 Å². The number of carbonyl (C=O) groups excluding carboxylic acids is 1. The van der Waals surface area contributed by atoms with Crippen LogP contribution in [-0.4, -0.2) is 19.6 Å². The smallest absolute Gasteiger partial charge is 0.250 e. The van der Waals surface area contributed by atoms with Crippen molar-refractivity contribution >= 4 is 33.5 Å². The summed E-state index contributed by atoms with van der Waals surface area (Å²) in [5.74, 6) is -0.172. The minimum Gasteiger partial charge on any atom is -0.456 e. The Kier molecular flexibility index (Phi) is 2.93. The van der Waals surface area contributed by atoms with Crippen molar-refractivity contribution in [1.82, 2.24) is 0 Å². The minimum atomic E-state index is -0.172. The average molecular weight is 255 g/mol. The molecule has 0 atom stereocenters. The largest absolute Gasteiger partial charge is 0.456 e. The molecule has 0 aliphatic heterocycles. The molecule has 1 N–H and O–H groups in total. The number of carbonyl (C=O) groups is 1. The predicted molar refractivity (Wildman–Crippen MR) is 74.2 cm³/mol. The molecule has 0 radical (unpaired) electrons. The van der Waals surface area contributed by atoms with Crippen molar-refractivity contribution in [2.24, 2.45) is 0 Å². The Hall–Kier alpha value is -2.33. The van der Waals surface area contributed by atoms with E-state index in [1.807, 2.05) is 42.5 Å². The summed E-state index contributed by atoms with van der Waals surface area (Å²) >= 11 is 0. The highest BCUT2D eigenvalue weighted by Gasteiger charge is 2.08. The van der Waals surface area contributed by atoms with Gasteiger partial charge in [0.2, 0.25) is 5.91 Å². The highest BCUT2D eigenvalue weighted by molar-refractivity contribution is 6.06. The van der Waals surface area contributed by atoms with Crippen molar-refractivity contribution in [2.45, 2.75) is 0 Å². The molecule has 0 bridgehead atoms. The Morgan fingerprint density at radius 1 is 1.16 bits per heavy atom. The molecule has 0 saturated carbocycles. The SMILES string of the molecule is COCC(=O)Nc1ccc2oc3ccccc3c2c1. The van der Waals surface area contributed by atoms with Gasteiger partial charge in [-0.05, 0) is 24.3 Å². The number of benzene rings is 2. The lowest BCUT2D eigenvalue weighted by Crippen LogP contribution is -2.16. The molecular formula is C15H13NO3. The number of hydrogen-bond acceptors (Lipinski definition) is 3. The molecule has 4 heteroatoms. The Balaban J connectivity index is 2.04. The Morgan fingerprint density at radius 2 is 1.95 bits per heavy atom. The van der Waals surface area contributed by atoms with Gasteiger partial charge in [0, 0.05) is 23.6 Å². The van der Waals surface area contributed by atoms with E-state index in [0.717, 1.165) is 27.6 Å². The summed E-state index contributed by atoms with van der Waals surface area (Å²) < 4.78 is 10.5. The van der Waals surface area contributed by atoms with Gasteiger partial charge < -0.3 is 14.5 Å². The van der Waals surface area contributed by atoms with Gasteiger partial charge in [0.1, 0.15) is 17.8 Å². The van der Waals surface area contributed by atoms with Crippen molar-refractivity contribution in [1.29, 1.82) is 0 Å². The molecule has 0 fully saturated rings. The van der Waals surface area contributed by atoms with E-state index in [-0.39, 0.29) is 12.5 Å². The quantitative estimate of drug-likeness (QED) is 0.782. The molecule has 96 valence electrons. The zero-order valence-electron chi connectivity index (χ0n) is 10.5. The number of anilines is 1. The van der Waals surface area contributed by atoms with Crippen LogP contribution in [0.2, 0.25) is 0 Å². The monoisotopic (exact) mass is 255 g/mol. The molecule has 3 aromatic rings. The first-order chi connectivity index (χ1) is 9.28. The molecule has 0 aliphatic carbocycles. The van der Waals surface area contributed by atoms with Gasteiger partial charge in [-0.15, -0.1) is 0 Å². The van der Waals surface area contributed by atoms with Gasteiger partial charge in [0.05, 0.1) is 0 Å². The maximum absolute atomic E-state index is 11.5. The van der Waals surface area contributed by atoms with Gasteiger partial charge in [0.15, 0.2) is 0 Å². The van der Waals surface area contributed by atoms with E-state index in [1.165, 1.54) is 7.11 Å². The first-order valence-electron chi connectivity index (χ1n) is 5.98. The number of hydrogen-bond donors (Lipinski definition) is 1. The van der Waals surface area contributed by atoms with Gasteiger partial charge >= 0.3 is 0 Å². The number of fused-ring (bicyclic) bond motifs is 3. The fourth-order valence-electron chi connectivity index (χ4n) is 2.13. The third-order valence-electron chi connectivity index (χ3n) is 2.94. The molecule has 0 aliphatic rings. The van der Waals surface area contributed by atoms with Crippen molar-refractivity contribution in [3.05, 3.63) is 42.5 Å². The van der Waals surface area contributed by atoms with E-state index >= 15 is 0 Å². The fourth-order valence-corrected chi connectivity index (χ4v) is 2.13. The van der Waals surface area contributed by atoms with Crippen molar-refractivity contribution < 1.29 is 13.9 Å². The molecule has 19 heavy (non-hydrogen) atoms. The zero-order chi connectivity index (χ0) is 13.2. The molecule has 1 aromatic heterocycles. The molecule has 0 spiro atoms. The van der Waals surface area contributed by atoms with Crippen LogP contribution in [0.5, 0.6) is 0 Å². The number of ether oxygens (including phenoxy) is 1. The van der Waals surface area contributed by atoms with Crippen LogP contribution in [0.15, 0.2) is 46.9 Å². The number of methoxy groups -OCH3 is 1. The van der Waals surface area contributed by atoms with Crippen molar-refractivity contribution in [2.75, 3.05) is 19.0 Å². The van der Waals surface area contributed by atoms with E-state index in [1.54, 1.807) is 0 Å². The summed E-state index contributed by atoms with van der Waals surface area (Å²) in [6, 6.07) is 13.4. The maximum atomic E-state index is 11.5. The second-order valence-electron chi connectivity index (χ2n) is 4.29. The predicted octanol–water partition coefficient (Wildman–Crippen LogP) is 3.17. The number of nitrogens with one attached hydrogen (secondary N) is 1. The van der Waals surface area contributed by atoms with Crippen molar-refractivity contribution in [3.63, 3.8) is 0 Å². The Morgan fingerprint density at radius 3 is 2.79 bits per heavy atom. The third kappa shape index (κ3) is 2.18. The lowest BCUT2D eigenvalue weighted by molar-refractivity contribution is -0.119. The molecule has 0 unspecified atom stereocenters. The topological polar surface area (TPSA) is 51.5 Å². The van der Waals surface area contributed by atoms with E-state index in [0.29, 0.717) is 0 Å². The van der Waals surface area contributed by atoms with E-state index < -0.39 is 0 Å². The fraction of sp³-hybridized carbons (Fsp3) is 0.133. The number of amides is 1. The summed E-state index contributed by atoms with van der Waals surface area (Å²) in [6.45, 7) is 0.0458. The number of para-hydroxylation sites is 1. The van der Waals surface area contributed by atoms with Crippen LogP contribution < -0.4 is 5.32 Å². The molecule has 2 aromatic carbocycles. The summed E-state index contributed by atoms with van der Waals surface area (Å²) in [5.41, 5.74) is 2.39. The highest BCUT2D eigenvalue weighted by Crippen LogP contribution is 2.30. The van der Waals surface area contributed by atoms with Crippen LogP contribution in [0, 0.1) is 0 Å². The lowest BCUT2D eigenvalue weighted by atomic mass is 10.1. The van der Waals surface area contributed by atoms with Crippen LogP contribution in [0.1, 0.15) is 0 Å². The van der Waals surface area contributed by atoms with E-state index in [9.17, 15) is 4.79 Å². The second kappa shape index (κ2) is 4.74. The highest BCUT2D eigenvalue weighted by atomic mass is 16.5. The maximum Gasteiger partial charge on any atom is 0.250 e. The first-order valence-corrected chi connectivity index (χ1v) is 5.98. The summed E-state index contributed by atoms with van der Waals surface area (Å²) in [6.07, 6.45) is 0. The first kappa shape index (κ1) is 11.7. The summed E-state index contributed by atoms with van der Waals surface area (Å²) in [5, 5.41) is 4.82. The van der Waals surface area contributed by atoms with Gasteiger partial charge in [-0.1, -0.05) is 18.2 Å². The van der Waals surface area contributed by atoms with Crippen LogP contribution in [0.4, 0.5) is 5.69 Å². The van der Waals surface area contributed by atoms with Crippen LogP contribution in [0.25, 0.3) is 21.9 Å². The second-order valence-corrected chi connectivity index (χ2v) is 4.29. The molecule has 0 saturated heterocycles. The number of furan rings is 1. The van der Waals surface area contributed by atoms with Crippen LogP contribution in [-0.2, 0) is 9.53 Å². The van der Waals surface area contributed by atoms with Gasteiger partial charge in [-0.2, -0.15) is 0 Å². The molecule has 3 rings (SSSR count). The summed E-state index contributed by atoms with van der Waals surface area (Å²) in [4.78, 5) is 11.5. The molecule has 1 heterocycles. The lowest BCUT2D eigenvalue weighted by Gasteiger charge is -2.03. The van der Waals surface area contributed by atoms with E-state index in [2.05, 4.69) is 5.32 Å². The third-order valence-corrected chi connectivity index (χ3v) is 2.94. The molecule has 1 amide bonds. The number of rotatable bonds is 3. The molecule has 4 nitrogen and oxygen atoms in total. The van der Waals surface area contributed by atoms with Gasteiger partial charge in [-0.25, -0.2) is 0 Å². The van der Waals surface area contributed by atoms with Crippen molar-refractivity contribution in [3.8, 4) is 0 Å². The Bertz CT molecular complexity index is 745. The molecular weight excluding hydrogens is 242 g/mol. The zero-order valence-corrected chi connectivity index (χ0v) is 10.5. The minimum absolute atomic E-state index is 0.0458. The van der Waals surface area contributed by atoms with Gasteiger partial charge in [-0.3, -0.25) is 4.79 Å². The van der Waals surface area contributed by atoms with Crippen LogP contribution >= 0.6 is 0 Å². The van der Waals surface area contributed by atoms with E-state index in [4.69, 9.17) is 9.15 Å². The standard InChI is InChI=1S/C15H13NO3/c1-18-9-15(17)16-10-6-7-14-12(8-10)11-4-2-3-5-13(11)19-14/h2-8H,9H2,1H3,(H,16,17). The average Bonchev–Trinajstić information content (AvgIpc) is 2.77.